The van der Waals surface area contributed by atoms with Crippen LogP contribution in [0.15, 0.2) is 42.5 Å². The van der Waals surface area contributed by atoms with Gasteiger partial charge in [-0.1, -0.05) is 23.7 Å². The first kappa shape index (κ1) is 17.4. The Morgan fingerprint density at radius 2 is 1.96 bits per heavy atom. The smallest absolute Gasteiger partial charge is 0.124 e. The summed E-state index contributed by atoms with van der Waals surface area (Å²) in [7, 11) is 1.70. The van der Waals surface area contributed by atoms with E-state index in [9.17, 15) is 0 Å². The third-order valence-corrected chi connectivity index (χ3v) is 5.58. The number of likely N-dealkylation sites (tertiary alicyclic amines) is 1. The van der Waals surface area contributed by atoms with Crippen molar-refractivity contribution in [1.82, 2.24) is 14.5 Å². The molecule has 0 amide bonds. The van der Waals surface area contributed by atoms with Crippen LogP contribution in [0.25, 0.3) is 11.0 Å². The molecule has 0 bridgehead atoms. The van der Waals surface area contributed by atoms with Crippen molar-refractivity contribution in [3.8, 4) is 5.75 Å². The Balaban J connectivity index is 1.74. The van der Waals surface area contributed by atoms with Gasteiger partial charge in [-0.05, 0) is 56.1 Å². The zero-order chi connectivity index (χ0) is 18.1. The number of methoxy groups -OCH3 is 1. The van der Waals surface area contributed by atoms with Gasteiger partial charge in [0.15, 0.2) is 0 Å². The molecule has 3 aromatic rings. The number of hydrogen-bond acceptors (Lipinski definition) is 3. The van der Waals surface area contributed by atoms with Crippen molar-refractivity contribution < 1.29 is 4.74 Å². The van der Waals surface area contributed by atoms with Gasteiger partial charge in [-0.25, -0.2) is 4.98 Å². The van der Waals surface area contributed by atoms with Crippen molar-refractivity contribution in [2.45, 2.75) is 38.9 Å². The predicted octanol–water partition coefficient (Wildman–Crippen LogP) is 4.73. The Hall–Kier alpha value is -2.04. The van der Waals surface area contributed by atoms with Gasteiger partial charge in [0.2, 0.25) is 0 Å². The molecule has 0 saturated carbocycles. The van der Waals surface area contributed by atoms with Gasteiger partial charge in [-0.3, -0.25) is 4.90 Å². The number of halogens is 1. The molecule has 1 atom stereocenters. The third-order valence-electron chi connectivity index (χ3n) is 5.32. The lowest BCUT2D eigenvalue weighted by molar-refractivity contribution is 0.251. The molecule has 0 spiro atoms. The number of benzene rings is 2. The second-order valence-corrected chi connectivity index (χ2v) is 7.49. The lowest BCUT2D eigenvalue weighted by atomic mass is 10.2. The number of ether oxygens (including phenoxy) is 1. The maximum Gasteiger partial charge on any atom is 0.124 e. The number of imidazole rings is 1. The van der Waals surface area contributed by atoms with Crippen LogP contribution in [0, 0.1) is 0 Å². The Morgan fingerprint density at radius 1 is 1.15 bits per heavy atom. The van der Waals surface area contributed by atoms with Crippen LogP contribution in [0.3, 0.4) is 0 Å². The van der Waals surface area contributed by atoms with E-state index in [1.165, 1.54) is 18.4 Å². The fraction of sp³-hybridized carbons (Fsp3) is 0.381. The minimum absolute atomic E-state index is 0.619. The summed E-state index contributed by atoms with van der Waals surface area (Å²) in [6, 6.07) is 14.8. The Kier molecular flexibility index (Phi) is 4.88. The van der Waals surface area contributed by atoms with Gasteiger partial charge in [0.05, 0.1) is 24.7 Å². The molecule has 1 fully saturated rings. The molecule has 1 aromatic heterocycles. The van der Waals surface area contributed by atoms with Crippen molar-refractivity contribution in [1.29, 1.82) is 0 Å². The third kappa shape index (κ3) is 3.44. The summed E-state index contributed by atoms with van der Waals surface area (Å²) in [6.07, 6.45) is 2.54. The molecule has 1 aliphatic heterocycles. The summed E-state index contributed by atoms with van der Waals surface area (Å²) in [5, 5.41) is 0.761. The van der Waals surface area contributed by atoms with Gasteiger partial charge >= 0.3 is 0 Å². The molecule has 4 rings (SSSR count). The number of fused-ring (bicyclic) bond motifs is 1. The first-order valence-electron chi connectivity index (χ1n) is 9.15. The van der Waals surface area contributed by atoms with Crippen molar-refractivity contribution in [3.63, 3.8) is 0 Å². The van der Waals surface area contributed by atoms with Crippen LogP contribution in [0.1, 0.15) is 31.2 Å². The first-order valence-corrected chi connectivity index (χ1v) is 9.53. The molecule has 136 valence electrons. The second-order valence-electron chi connectivity index (χ2n) is 7.06. The van der Waals surface area contributed by atoms with Crippen LogP contribution in [0.2, 0.25) is 5.02 Å². The molecule has 2 heterocycles. The molecule has 2 aromatic carbocycles. The average molecular weight is 370 g/mol. The normalized spacial score (nSPS) is 17.9. The van der Waals surface area contributed by atoms with E-state index in [1.54, 1.807) is 7.11 Å². The lowest BCUT2D eigenvalue weighted by Gasteiger charge is -2.21. The number of aromatic nitrogens is 2. The van der Waals surface area contributed by atoms with Crippen LogP contribution in [0.5, 0.6) is 5.75 Å². The van der Waals surface area contributed by atoms with E-state index in [-0.39, 0.29) is 0 Å². The summed E-state index contributed by atoms with van der Waals surface area (Å²) in [4.78, 5) is 7.46. The van der Waals surface area contributed by atoms with Crippen molar-refractivity contribution in [3.05, 3.63) is 58.9 Å². The highest BCUT2D eigenvalue weighted by molar-refractivity contribution is 6.30. The van der Waals surface area contributed by atoms with Crippen LogP contribution < -0.4 is 4.74 Å². The van der Waals surface area contributed by atoms with E-state index in [0.29, 0.717) is 6.04 Å². The molecule has 5 heteroatoms. The first-order chi connectivity index (χ1) is 12.6. The molecule has 1 aliphatic rings. The predicted molar refractivity (Wildman–Crippen MR) is 106 cm³/mol. The Bertz CT molecular complexity index is 904. The van der Waals surface area contributed by atoms with Gasteiger partial charge in [-0.2, -0.15) is 0 Å². The van der Waals surface area contributed by atoms with Crippen molar-refractivity contribution in [2.24, 2.45) is 0 Å². The second kappa shape index (κ2) is 7.29. The molecule has 1 saturated heterocycles. The summed E-state index contributed by atoms with van der Waals surface area (Å²) >= 11 is 6.05. The number of rotatable bonds is 5. The lowest BCUT2D eigenvalue weighted by Crippen LogP contribution is -2.28. The standard InChI is InChI=1S/C21H24ClN3O/c1-15-4-3-11-24(15)14-21-23-19-10-9-18(26-2)12-20(19)25(21)13-16-5-7-17(22)8-6-16/h5-10,12,15H,3-4,11,13-14H2,1-2H3/t15-/m0/s1. The molecule has 0 unspecified atom stereocenters. The molecule has 0 N–H and O–H groups in total. The molecule has 26 heavy (non-hydrogen) atoms. The topological polar surface area (TPSA) is 30.3 Å². The minimum Gasteiger partial charge on any atom is -0.497 e. The van der Waals surface area contributed by atoms with E-state index in [0.717, 1.165) is 47.3 Å². The summed E-state index contributed by atoms with van der Waals surface area (Å²) in [5.41, 5.74) is 3.34. The average Bonchev–Trinajstić information content (AvgIpc) is 3.20. The van der Waals surface area contributed by atoms with E-state index in [1.807, 2.05) is 24.3 Å². The minimum atomic E-state index is 0.619. The highest BCUT2D eigenvalue weighted by atomic mass is 35.5. The summed E-state index contributed by atoms with van der Waals surface area (Å²) in [5.74, 6) is 1.97. The van der Waals surface area contributed by atoms with Crippen LogP contribution in [0.4, 0.5) is 0 Å². The van der Waals surface area contributed by atoms with Crippen LogP contribution in [-0.2, 0) is 13.1 Å². The van der Waals surface area contributed by atoms with Gasteiger partial charge in [0.1, 0.15) is 11.6 Å². The SMILES string of the molecule is COc1ccc2nc(CN3CCC[C@@H]3C)n(Cc3ccc(Cl)cc3)c2c1. The maximum atomic E-state index is 6.05. The molecular formula is C21H24ClN3O. The fourth-order valence-electron chi connectivity index (χ4n) is 3.76. The van der Waals surface area contributed by atoms with Gasteiger partial charge in [0, 0.05) is 23.7 Å². The molecule has 0 radical (unpaired) electrons. The molecule has 0 aliphatic carbocycles. The van der Waals surface area contributed by atoms with E-state index in [4.69, 9.17) is 21.3 Å². The van der Waals surface area contributed by atoms with Crippen LogP contribution in [-0.4, -0.2) is 34.1 Å². The summed E-state index contributed by atoms with van der Waals surface area (Å²) < 4.78 is 7.75. The highest BCUT2D eigenvalue weighted by Gasteiger charge is 2.23. The monoisotopic (exact) mass is 369 g/mol. The highest BCUT2D eigenvalue weighted by Crippen LogP contribution is 2.26. The Morgan fingerprint density at radius 3 is 2.65 bits per heavy atom. The van der Waals surface area contributed by atoms with Crippen molar-refractivity contribution in [2.75, 3.05) is 13.7 Å². The van der Waals surface area contributed by atoms with Crippen molar-refractivity contribution >= 4 is 22.6 Å². The maximum absolute atomic E-state index is 6.05. The van der Waals surface area contributed by atoms with E-state index >= 15 is 0 Å². The Labute approximate surface area is 159 Å². The van der Waals surface area contributed by atoms with Gasteiger partial charge < -0.3 is 9.30 Å². The van der Waals surface area contributed by atoms with E-state index < -0.39 is 0 Å². The number of hydrogen-bond donors (Lipinski definition) is 0. The zero-order valence-corrected chi connectivity index (χ0v) is 16.0. The zero-order valence-electron chi connectivity index (χ0n) is 15.3. The summed E-state index contributed by atoms with van der Waals surface area (Å²) in [6.45, 7) is 5.11. The molecular weight excluding hydrogens is 346 g/mol. The quantitative estimate of drug-likeness (QED) is 0.651. The van der Waals surface area contributed by atoms with Gasteiger partial charge in [-0.15, -0.1) is 0 Å². The van der Waals surface area contributed by atoms with E-state index in [2.05, 4.69) is 34.6 Å². The van der Waals surface area contributed by atoms with Gasteiger partial charge in [0.25, 0.3) is 0 Å². The van der Waals surface area contributed by atoms with Crippen LogP contribution >= 0.6 is 11.6 Å². The number of nitrogens with zero attached hydrogens (tertiary/aromatic N) is 3. The fourth-order valence-corrected chi connectivity index (χ4v) is 3.88. The largest absolute Gasteiger partial charge is 0.497 e. The molecule has 4 nitrogen and oxygen atoms in total.